The number of nitrogens with zero attached hydrogens (tertiary/aromatic N) is 1. The number of aromatic nitrogens is 1. The van der Waals surface area contributed by atoms with Gasteiger partial charge in [0.25, 0.3) is 6.43 Å². The number of pyridine rings is 1. The van der Waals surface area contributed by atoms with E-state index >= 15 is 0 Å². The molecule has 1 aromatic heterocycles. The Hall–Kier alpha value is -0.500. The summed E-state index contributed by atoms with van der Waals surface area (Å²) >= 11 is 1.65. The molecule has 0 fully saturated rings. The number of alkyl halides is 2. The van der Waals surface area contributed by atoms with Crippen LogP contribution in [0.2, 0.25) is 0 Å². The maximum atomic E-state index is 12.3. The van der Waals surface area contributed by atoms with Crippen LogP contribution in [-0.4, -0.2) is 15.2 Å². The molecule has 2 N–H and O–H groups in total. The Morgan fingerprint density at radius 2 is 2.15 bits per heavy atom. The second kappa shape index (κ2) is 4.14. The summed E-state index contributed by atoms with van der Waals surface area (Å²) in [5, 5.41) is 17.9. The third kappa shape index (κ3) is 2.05. The van der Waals surface area contributed by atoms with Crippen molar-refractivity contribution in [3.8, 4) is 5.75 Å². The molecule has 0 aliphatic rings. The van der Waals surface area contributed by atoms with Gasteiger partial charge in [-0.15, -0.1) is 0 Å². The Bertz CT molecular complexity index is 320. The van der Waals surface area contributed by atoms with Crippen molar-refractivity contribution in [2.75, 3.05) is 0 Å². The van der Waals surface area contributed by atoms with Gasteiger partial charge < -0.3 is 10.2 Å². The zero-order valence-electron chi connectivity index (χ0n) is 6.34. The Labute approximate surface area is 86.6 Å². The summed E-state index contributed by atoms with van der Waals surface area (Å²) in [4.78, 5) is 3.60. The van der Waals surface area contributed by atoms with Crippen molar-refractivity contribution in [3.05, 3.63) is 21.0 Å². The van der Waals surface area contributed by atoms with Gasteiger partial charge in [-0.2, -0.15) is 0 Å². The number of halogens is 3. The molecular formula is C7H6F2INO2. The fourth-order valence-corrected chi connectivity index (χ4v) is 1.49. The molecule has 0 radical (unpaired) electrons. The van der Waals surface area contributed by atoms with E-state index in [1.165, 1.54) is 6.20 Å². The fourth-order valence-electron chi connectivity index (χ4n) is 0.857. The largest absolute Gasteiger partial charge is 0.505 e. The SMILES string of the molecule is OCc1ncc(I)c(C(F)F)c1O. The quantitative estimate of drug-likeness (QED) is 0.819. The van der Waals surface area contributed by atoms with Crippen LogP contribution in [0.5, 0.6) is 5.75 Å². The van der Waals surface area contributed by atoms with Gasteiger partial charge >= 0.3 is 0 Å². The van der Waals surface area contributed by atoms with Crippen LogP contribution in [0, 0.1) is 3.57 Å². The minimum atomic E-state index is -2.76. The van der Waals surface area contributed by atoms with Gasteiger partial charge in [-0.3, -0.25) is 4.98 Å². The lowest BCUT2D eigenvalue weighted by atomic mass is 10.2. The van der Waals surface area contributed by atoms with Crippen LogP contribution in [0.1, 0.15) is 17.7 Å². The van der Waals surface area contributed by atoms with Gasteiger partial charge in [-0.05, 0) is 22.6 Å². The lowest BCUT2D eigenvalue weighted by molar-refractivity contribution is 0.145. The normalized spacial score (nSPS) is 10.8. The molecule has 72 valence electrons. The molecule has 13 heavy (non-hydrogen) atoms. The van der Waals surface area contributed by atoms with Crippen LogP contribution >= 0.6 is 22.6 Å². The number of aliphatic hydroxyl groups is 1. The molecule has 0 unspecified atom stereocenters. The zero-order chi connectivity index (χ0) is 10.0. The molecule has 1 rings (SSSR count). The van der Waals surface area contributed by atoms with Crippen molar-refractivity contribution < 1.29 is 19.0 Å². The molecule has 1 heterocycles. The van der Waals surface area contributed by atoms with E-state index in [-0.39, 0.29) is 9.26 Å². The minimum absolute atomic E-state index is 0.129. The summed E-state index contributed by atoms with van der Waals surface area (Å²) < 4.78 is 24.8. The summed E-state index contributed by atoms with van der Waals surface area (Å²) in [5.41, 5.74) is -0.602. The average Bonchev–Trinajstić information content (AvgIpc) is 2.04. The van der Waals surface area contributed by atoms with Gasteiger partial charge in [0, 0.05) is 9.77 Å². The Morgan fingerprint density at radius 3 is 2.62 bits per heavy atom. The van der Waals surface area contributed by atoms with Crippen LogP contribution in [-0.2, 0) is 6.61 Å². The van der Waals surface area contributed by atoms with Crippen molar-refractivity contribution in [1.82, 2.24) is 4.98 Å². The van der Waals surface area contributed by atoms with E-state index in [2.05, 4.69) is 4.98 Å². The molecule has 6 heteroatoms. The van der Waals surface area contributed by atoms with Crippen LogP contribution in [0.15, 0.2) is 6.20 Å². The molecule has 0 atom stereocenters. The first kappa shape index (κ1) is 10.6. The van der Waals surface area contributed by atoms with Gasteiger partial charge in [0.1, 0.15) is 11.4 Å². The summed E-state index contributed by atoms with van der Waals surface area (Å²) in [6, 6.07) is 0. The minimum Gasteiger partial charge on any atom is -0.505 e. The lowest BCUT2D eigenvalue weighted by Crippen LogP contribution is -1.98. The second-order valence-electron chi connectivity index (χ2n) is 2.27. The number of hydrogen-bond donors (Lipinski definition) is 2. The molecule has 3 nitrogen and oxygen atoms in total. The number of aliphatic hydroxyl groups excluding tert-OH is 1. The third-order valence-corrected chi connectivity index (χ3v) is 2.35. The van der Waals surface area contributed by atoms with Crippen LogP contribution in [0.25, 0.3) is 0 Å². The molecule has 0 aliphatic carbocycles. The van der Waals surface area contributed by atoms with E-state index in [0.29, 0.717) is 0 Å². The smallest absolute Gasteiger partial charge is 0.268 e. The molecule has 0 bridgehead atoms. The summed E-state index contributed by atoms with van der Waals surface area (Å²) in [6.07, 6.45) is -1.58. The van der Waals surface area contributed by atoms with E-state index in [4.69, 9.17) is 5.11 Å². The molecule has 0 aliphatic heterocycles. The van der Waals surface area contributed by atoms with Gasteiger partial charge in [-0.1, -0.05) is 0 Å². The maximum absolute atomic E-state index is 12.3. The molecular weight excluding hydrogens is 295 g/mol. The highest BCUT2D eigenvalue weighted by atomic mass is 127. The van der Waals surface area contributed by atoms with Gasteiger partial charge in [0.05, 0.1) is 12.2 Å². The van der Waals surface area contributed by atoms with Crippen molar-refractivity contribution in [2.24, 2.45) is 0 Å². The second-order valence-corrected chi connectivity index (χ2v) is 3.44. The highest BCUT2D eigenvalue weighted by Gasteiger charge is 2.19. The fraction of sp³-hybridized carbons (Fsp3) is 0.286. The topological polar surface area (TPSA) is 53.4 Å². The average molecular weight is 301 g/mol. The van der Waals surface area contributed by atoms with Crippen molar-refractivity contribution in [3.63, 3.8) is 0 Å². The summed E-state index contributed by atoms with van der Waals surface area (Å²) in [5.74, 6) is -0.621. The number of hydrogen-bond acceptors (Lipinski definition) is 3. The number of rotatable bonds is 2. The zero-order valence-corrected chi connectivity index (χ0v) is 8.49. The lowest BCUT2D eigenvalue weighted by Gasteiger charge is -2.08. The molecule has 0 aromatic carbocycles. The first-order chi connectivity index (χ1) is 6.07. The highest BCUT2D eigenvalue weighted by Crippen LogP contribution is 2.33. The predicted molar refractivity (Wildman–Crippen MR) is 49.5 cm³/mol. The van der Waals surface area contributed by atoms with Crippen molar-refractivity contribution >= 4 is 22.6 Å². The van der Waals surface area contributed by atoms with Gasteiger partial charge in [0.2, 0.25) is 0 Å². The third-order valence-electron chi connectivity index (χ3n) is 1.49. The van der Waals surface area contributed by atoms with Crippen LogP contribution in [0.3, 0.4) is 0 Å². The van der Waals surface area contributed by atoms with E-state index in [1.807, 2.05) is 0 Å². The monoisotopic (exact) mass is 301 g/mol. The summed E-state index contributed by atoms with van der Waals surface area (Å²) in [6.45, 7) is -0.553. The van der Waals surface area contributed by atoms with Crippen molar-refractivity contribution in [1.29, 1.82) is 0 Å². The maximum Gasteiger partial charge on any atom is 0.268 e. The summed E-state index contributed by atoms with van der Waals surface area (Å²) in [7, 11) is 0. The number of aromatic hydroxyl groups is 1. The van der Waals surface area contributed by atoms with Crippen molar-refractivity contribution in [2.45, 2.75) is 13.0 Å². The van der Waals surface area contributed by atoms with Gasteiger partial charge in [-0.25, -0.2) is 8.78 Å². The highest BCUT2D eigenvalue weighted by molar-refractivity contribution is 14.1. The molecule has 0 amide bonds. The van der Waals surface area contributed by atoms with Gasteiger partial charge in [0.15, 0.2) is 0 Å². The Kier molecular flexibility index (Phi) is 3.37. The van der Waals surface area contributed by atoms with E-state index in [0.717, 1.165) is 0 Å². The van der Waals surface area contributed by atoms with Crippen LogP contribution in [0.4, 0.5) is 8.78 Å². The van der Waals surface area contributed by atoms with Crippen LogP contribution < -0.4 is 0 Å². The Balaban J connectivity index is 3.30. The van der Waals surface area contributed by atoms with E-state index in [1.54, 1.807) is 22.6 Å². The molecule has 0 spiro atoms. The van der Waals surface area contributed by atoms with E-state index < -0.39 is 24.3 Å². The Morgan fingerprint density at radius 1 is 1.54 bits per heavy atom. The predicted octanol–water partition coefficient (Wildman–Crippen LogP) is 1.82. The molecule has 0 saturated heterocycles. The molecule has 0 saturated carbocycles. The molecule has 1 aromatic rings. The standard InChI is InChI=1S/C7H6F2INO2/c8-7(9)5-3(10)1-11-4(2-12)6(5)13/h1,7,12-13H,2H2. The first-order valence-corrected chi connectivity index (χ1v) is 4.41. The first-order valence-electron chi connectivity index (χ1n) is 3.33. The van der Waals surface area contributed by atoms with E-state index in [9.17, 15) is 13.9 Å².